The molecular formula is C21H20N4O2. The fourth-order valence-electron chi connectivity index (χ4n) is 2.54. The van der Waals surface area contributed by atoms with E-state index >= 15 is 0 Å². The standard InChI is InChI=1S/C21H20N4O2/c1-13-12-20(23-18-8-4-16(5-9-18)14(2)26)25-21(22-13)24-19-10-6-17(7-11-19)15(3)27/h4-12H,1-3H3,(H2,22,23,24,25). The minimum absolute atomic E-state index is 0.0237. The van der Waals surface area contributed by atoms with Gasteiger partial charge in [-0.3, -0.25) is 9.59 Å². The summed E-state index contributed by atoms with van der Waals surface area (Å²) in [5.41, 5.74) is 3.74. The Hall–Kier alpha value is -3.54. The largest absolute Gasteiger partial charge is 0.340 e. The summed E-state index contributed by atoms with van der Waals surface area (Å²) in [7, 11) is 0. The number of anilines is 4. The molecule has 0 bridgehead atoms. The van der Waals surface area contributed by atoms with E-state index in [-0.39, 0.29) is 11.6 Å². The van der Waals surface area contributed by atoms with Crippen LogP contribution in [-0.4, -0.2) is 21.5 Å². The van der Waals surface area contributed by atoms with Crippen molar-refractivity contribution in [1.29, 1.82) is 0 Å². The Morgan fingerprint density at radius 3 is 1.70 bits per heavy atom. The molecular weight excluding hydrogens is 340 g/mol. The molecule has 0 aliphatic rings. The van der Waals surface area contributed by atoms with Crippen molar-refractivity contribution in [3.63, 3.8) is 0 Å². The number of aryl methyl sites for hydroxylation is 1. The Balaban J connectivity index is 1.77. The topological polar surface area (TPSA) is 84.0 Å². The van der Waals surface area contributed by atoms with Crippen LogP contribution in [0.4, 0.5) is 23.1 Å². The highest BCUT2D eigenvalue weighted by molar-refractivity contribution is 5.94. The lowest BCUT2D eigenvalue weighted by molar-refractivity contribution is 0.100. The number of nitrogens with zero attached hydrogens (tertiary/aromatic N) is 2. The second-order valence-electron chi connectivity index (χ2n) is 6.24. The summed E-state index contributed by atoms with van der Waals surface area (Å²) in [4.78, 5) is 31.6. The minimum atomic E-state index is 0.0237. The van der Waals surface area contributed by atoms with Crippen LogP contribution in [0.15, 0.2) is 54.6 Å². The number of rotatable bonds is 6. The van der Waals surface area contributed by atoms with Crippen molar-refractivity contribution in [3.05, 3.63) is 71.4 Å². The second-order valence-corrected chi connectivity index (χ2v) is 6.24. The first-order valence-electron chi connectivity index (χ1n) is 8.52. The fourth-order valence-corrected chi connectivity index (χ4v) is 2.54. The molecule has 0 saturated carbocycles. The van der Waals surface area contributed by atoms with E-state index in [1.165, 1.54) is 13.8 Å². The maximum Gasteiger partial charge on any atom is 0.229 e. The van der Waals surface area contributed by atoms with Crippen molar-refractivity contribution >= 4 is 34.7 Å². The number of hydrogen-bond acceptors (Lipinski definition) is 6. The van der Waals surface area contributed by atoms with Crippen molar-refractivity contribution in [2.45, 2.75) is 20.8 Å². The summed E-state index contributed by atoms with van der Waals surface area (Å²) in [6.07, 6.45) is 0. The number of carbonyl (C=O) groups is 2. The molecule has 0 aliphatic heterocycles. The summed E-state index contributed by atoms with van der Waals surface area (Å²) in [5, 5.41) is 6.36. The number of Topliss-reactive ketones (excluding diaryl/α,β-unsaturated/α-hetero) is 2. The van der Waals surface area contributed by atoms with E-state index in [4.69, 9.17) is 0 Å². The quantitative estimate of drug-likeness (QED) is 0.621. The number of nitrogens with one attached hydrogen (secondary N) is 2. The molecule has 3 rings (SSSR count). The third-order valence-corrected chi connectivity index (χ3v) is 3.97. The molecule has 0 unspecified atom stereocenters. The summed E-state index contributed by atoms with van der Waals surface area (Å²) in [6.45, 7) is 4.96. The van der Waals surface area contributed by atoms with Gasteiger partial charge in [0, 0.05) is 34.3 Å². The van der Waals surface area contributed by atoms with Crippen LogP contribution in [0.1, 0.15) is 40.3 Å². The van der Waals surface area contributed by atoms with Crippen molar-refractivity contribution in [2.24, 2.45) is 0 Å². The van der Waals surface area contributed by atoms with E-state index in [1.807, 2.05) is 37.3 Å². The molecule has 6 nitrogen and oxygen atoms in total. The van der Waals surface area contributed by atoms with Crippen molar-refractivity contribution in [3.8, 4) is 0 Å². The van der Waals surface area contributed by atoms with Gasteiger partial charge in [0.1, 0.15) is 5.82 Å². The first-order chi connectivity index (χ1) is 12.9. The highest BCUT2D eigenvalue weighted by Crippen LogP contribution is 2.20. The first-order valence-corrected chi connectivity index (χ1v) is 8.52. The summed E-state index contributed by atoms with van der Waals surface area (Å²) in [6, 6.07) is 16.2. The molecule has 2 aromatic carbocycles. The predicted octanol–water partition coefficient (Wildman–Crippen LogP) is 4.68. The van der Waals surface area contributed by atoms with Gasteiger partial charge in [-0.05, 0) is 69.3 Å². The first kappa shape index (κ1) is 18.3. The summed E-state index contributed by atoms with van der Waals surface area (Å²) < 4.78 is 0. The molecule has 0 aliphatic carbocycles. The van der Waals surface area contributed by atoms with Gasteiger partial charge in [0.2, 0.25) is 5.95 Å². The van der Waals surface area contributed by atoms with Gasteiger partial charge in [-0.15, -0.1) is 0 Å². The molecule has 1 aromatic heterocycles. The average Bonchev–Trinajstić information content (AvgIpc) is 2.62. The van der Waals surface area contributed by atoms with Gasteiger partial charge >= 0.3 is 0 Å². The monoisotopic (exact) mass is 360 g/mol. The number of aromatic nitrogens is 2. The lowest BCUT2D eigenvalue weighted by atomic mass is 10.1. The van der Waals surface area contributed by atoms with Gasteiger partial charge in [-0.25, -0.2) is 4.98 Å². The van der Waals surface area contributed by atoms with E-state index in [1.54, 1.807) is 24.3 Å². The zero-order chi connectivity index (χ0) is 19.4. The lowest BCUT2D eigenvalue weighted by Crippen LogP contribution is -2.03. The summed E-state index contributed by atoms with van der Waals surface area (Å²) in [5.74, 6) is 1.15. The molecule has 136 valence electrons. The van der Waals surface area contributed by atoms with Crippen LogP contribution in [0.25, 0.3) is 0 Å². The van der Waals surface area contributed by atoms with Crippen LogP contribution >= 0.6 is 0 Å². The van der Waals surface area contributed by atoms with Crippen LogP contribution in [0.2, 0.25) is 0 Å². The molecule has 0 saturated heterocycles. The third-order valence-electron chi connectivity index (χ3n) is 3.97. The number of carbonyl (C=O) groups excluding carboxylic acids is 2. The van der Waals surface area contributed by atoms with Crippen LogP contribution < -0.4 is 10.6 Å². The van der Waals surface area contributed by atoms with E-state index in [0.29, 0.717) is 22.9 Å². The Morgan fingerprint density at radius 2 is 1.22 bits per heavy atom. The maximum atomic E-state index is 11.4. The summed E-state index contributed by atoms with van der Waals surface area (Å²) >= 11 is 0. The van der Waals surface area contributed by atoms with Crippen LogP contribution in [0.3, 0.4) is 0 Å². The molecule has 0 fully saturated rings. The molecule has 27 heavy (non-hydrogen) atoms. The van der Waals surface area contributed by atoms with E-state index in [2.05, 4.69) is 20.6 Å². The Morgan fingerprint density at radius 1 is 0.741 bits per heavy atom. The zero-order valence-electron chi connectivity index (χ0n) is 15.4. The number of hydrogen-bond donors (Lipinski definition) is 2. The molecule has 0 atom stereocenters. The normalized spacial score (nSPS) is 10.3. The van der Waals surface area contributed by atoms with Gasteiger partial charge in [0.25, 0.3) is 0 Å². The van der Waals surface area contributed by atoms with E-state index in [9.17, 15) is 9.59 Å². The molecule has 0 amide bonds. The van der Waals surface area contributed by atoms with Crippen molar-refractivity contribution in [2.75, 3.05) is 10.6 Å². The molecule has 0 spiro atoms. The Kier molecular flexibility index (Phi) is 5.26. The molecule has 3 aromatic rings. The van der Waals surface area contributed by atoms with E-state index < -0.39 is 0 Å². The third kappa shape index (κ3) is 4.76. The number of ketones is 2. The fraction of sp³-hybridized carbons (Fsp3) is 0.143. The highest BCUT2D eigenvalue weighted by Gasteiger charge is 2.06. The predicted molar refractivity (Wildman–Crippen MR) is 106 cm³/mol. The smallest absolute Gasteiger partial charge is 0.229 e. The molecule has 0 radical (unpaired) electrons. The average molecular weight is 360 g/mol. The molecule has 6 heteroatoms. The van der Waals surface area contributed by atoms with Crippen molar-refractivity contribution < 1.29 is 9.59 Å². The van der Waals surface area contributed by atoms with Gasteiger partial charge in [0.15, 0.2) is 11.6 Å². The number of benzene rings is 2. The lowest BCUT2D eigenvalue weighted by Gasteiger charge is -2.10. The van der Waals surface area contributed by atoms with Gasteiger partial charge in [-0.2, -0.15) is 4.98 Å². The SMILES string of the molecule is CC(=O)c1ccc(Nc2cc(C)nc(Nc3ccc(C(C)=O)cc3)n2)cc1. The van der Waals surface area contributed by atoms with Crippen molar-refractivity contribution in [1.82, 2.24) is 9.97 Å². The van der Waals surface area contributed by atoms with Gasteiger partial charge in [0.05, 0.1) is 0 Å². The van der Waals surface area contributed by atoms with Crippen LogP contribution in [-0.2, 0) is 0 Å². The molecule has 2 N–H and O–H groups in total. The van der Waals surface area contributed by atoms with Gasteiger partial charge < -0.3 is 10.6 Å². The van der Waals surface area contributed by atoms with Crippen LogP contribution in [0, 0.1) is 6.92 Å². The maximum absolute atomic E-state index is 11.4. The second kappa shape index (κ2) is 7.78. The molecule has 1 heterocycles. The van der Waals surface area contributed by atoms with Crippen LogP contribution in [0.5, 0.6) is 0 Å². The zero-order valence-corrected chi connectivity index (χ0v) is 15.4. The van der Waals surface area contributed by atoms with E-state index in [0.717, 1.165) is 17.1 Å². The highest BCUT2D eigenvalue weighted by atomic mass is 16.1. The Bertz CT molecular complexity index is 902. The Labute approximate surface area is 157 Å². The minimum Gasteiger partial charge on any atom is -0.340 e. The van der Waals surface area contributed by atoms with Gasteiger partial charge in [-0.1, -0.05) is 0 Å².